The number of hydrogen-bond acceptors (Lipinski definition) is 6. The molecule has 6 nitrogen and oxygen atoms in total. The molecule has 0 spiro atoms. The summed E-state index contributed by atoms with van der Waals surface area (Å²) in [6, 6.07) is 24.0. The molecular formula is C25H18N2O4S. The number of nitrogens with one attached hydrogen (secondary N) is 1. The van der Waals surface area contributed by atoms with Gasteiger partial charge in [-0.25, -0.2) is 4.98 Å². The minimum atomic E-state index is -0.226. The highest BCUT2D eigenvalue weighted by Gasteiger charge is 2.22. The molecule has 32 heavy (non-hydrogen) atoms. The molecule has 3 aromatic carbocycles. The third kappa shape index (κ3) is 4.10. The number of aromatic nitrogens is 1. The van der Waals surface area contributed by atoms with Crippen molar-refractivity contribution in [1.29, 1.82) is 0 Å². The lowest BCUT2D eigenvalue weighted by atomic mass is 10.1. The Morgan fingerprint density at radius 2 is 1.62 bits per heavy atom. The van der Waals surface area contributed by atoms with Crippen LogP contribution in [-0.4, -0.2) is 23.5 Å². The van der Waals surface area contributed by atoms with Crippen LogP contribution in [0.25, 0.3) is 11.3 Å². The number of benzene rings is 3. The minimum Gasteiger partial charge on any atom is -0.454 e. The summed E-state index contributed by atoms with van der Waals surface area (Å²) in [5.74, 6) is 0.950. The molecule has 1 aliphatic rings. The number of fused-ring (bicyclic) bond motifs is 1. The Bertz CT molecular complexity index is 1290. The first-order chi connectivity index (χ1) is 15.7. The lowest BCUT2D eigenvalue weighted by molar-refractivity contribution is -0.115. The predicted octanol–water partition coefficient (Wildman–Crippen LogP) is 4.95. The molecule has 1 aromatic heterocycles. The van der Waals surface area contributed by atoms with E-state index in [4.69, 9.17) is 9.47 Å². The fourth-order valence-electron chi connectivity index (χ4n) is 3.44. The van der Waals surface area contributed by atoms with E-state index in [2.05, 4.69) is 10.3 Å². The Kier molecular flexibility index (Phi) is 5.39. The lowest BCUT2D eigenvalue weighted by Gasteiger charge is -2.03. The Morgan fingerprint density at radius 1 is 0.906 bits per heavy atom. The maximum Gasteiger partial charge on any atom is 0.231 e. The molecule has 2 heterocycles. The quantitative estimate of drug-likeness (QED) is 0.428. The van der Waals surface area contributed by atoms with Crippen molar-refractivity contribution in [2.45, 2.75) is 6.42 Å². The molecular weight excluding hydrogens is 424 g/mol. The van der Waals surface area contributed by atoms with E-state index >= 15 is 0 Å². The summed E-state index contributed by atoms with van der Waals surface area (Å²) >= 11 is 1.18. The summed E-state index contributed by atoms with van der Waals surface area (Å²) in [4.78, 5) is 30.9. The fraction of sp³-hybridized carbons (Fsp3) is 0.0800. The predicted molar refractivity (Wildman–Crippen MR) is 122 cm³/mol. The summed E-state index contributed by atoms with van der Waals surface area (Å²) in [5.41, 5.74) is 2.75. The van der Waals surface area contributed by atoms with E-state index in [0.717, 1.165) is 11.1 Å². The van der Waals surface area contributed by atoms with E-state index in [0.29, 0.717) is 32.8 Å². The SMILES string of the molecule is O=C(Cc1ccc2c(c1)OCO2)Nc1nc(-c2ccccc2)c(C(=O)c2ccccc2)s1. The van der Waals surface area contributed by atoms with Crippen LogP contribution in [-0.2, 0) is 11.2 Å². The van der Waals surface area contributed by atoms with E-state index in [1.807, 2.05) is 54.6 Å². The van der Waals surface area contributed by atoms with Gasteiger partial charge in [0.05, 0.1) is 12.1 Å². The van der Waals surface area contributed by atoms with Gasteiger partial charge in [-0.05, 0) is 17.7 Å². The van der Waals surface area contributed by atoms with Gasteiger partial charge >= 0.3 is 0 Å². The van der Waals surface area contributed by atoms with Crippen LogP contribution in [0.5, 0.6) is 11.5 Å². The highest BCUT2D eigenvalue weighted by Crippen LogP contribution is 2.34. The zero-order valence-electron chi connectivity index (χ0n) is 16.9. The highest BCUT2D eigenvalue weighted by molar-refractivity contribution is 7.18. The van der Waals surface area contributed by atoms with Crippen molar-refractivity contribution >= 4 is 28.2 Å². The molecule has 0 saturated heterocycles. The van der Waals surface area contributed by atoms with Gasteiger partial charge in [-0.3, -0.25) is 9.59 Å². The van der Waals surface area contributed by atoms with Gasteiger partial charge in [0.25, 0.3) is 0 Å². The maximum absolute atomic E-state index is 13.2. The first-order valence-corrected chi connectivity index (χ1v) is 10.8. The molecule has 7 heteroatoms. The Morgan fingerprint density at radius 3 is 2.41 bits per heavy atom. The summed E-state index contributed by atoms with van der Waals surface area (Å²) in [6.45, 7) is 0.185. The van der Waals surface area contributed by atoms with Gasteiger partial charge in [0.1, 0.15) is 4.88 Å². The second-order valence-corrected chi connectivity index (χ2v) is 8.17. The van der Waals surface area contributed by atoms with Crippen molar-refractivity contribution < 1.29 is 19.1 Å². The third-order valence-electron chi connectivity index (χ3n) is 4.96. The van der Waals surface area contributed by atoms with Crippen LogP contribution >= 0.6 is 11.3 Å². The number of thiazole rings is 1. The van der Waals surface area contributed by atoms with Crippen molar-refractivity contribution in [1.82, 2.24) is 4.98 Å². The van der Waals surface area contributed by atoms with E-state index < -0.39 is 0 Å². The Hall–Kier alpha value is -3.97. The van der Waals surface area contributed by atoms with E-state index in [9.17, 15) is 9.59 Å². The average molecular weight is 442 g/mol. The van der Waals surface area contributed by atoms with Crippen LogP contribution in [0, 0.1) is 0 Å². The average Bonchev–Trinajstić information content (AvgIpc) is 3.46. The number of amides is 1. The molecule has 1 N–H and O–H groups in total. The van der Waals surface area contributed by atoms with Crippen molar-refractivity contribution in [2.24, 2.45) is 0 Å². The van der Waals surface area contributed by atoms with Gasteiger partial charge in [-0.15, -0.1) is 0 Å². The summed E-state index contributed by atoms with van der Waals surface area (Å²) in [7, 11) is 0. The first-order valence-electron chi connectivity index (χ1n) is 10.0. The summed E-state index contributed by atoms with van der Waals surface area (Å²) in [5, 5.41) is 3.22. The van der Waals surface area contributed by atoms with Crippen molar-refractivity contribution in [3.05, 3.63) is 94.9 Å². The van der Waals surface area contributed by atoms with Crippen molar-refractivity contribution in [2.75, 3.05) is 12.1 Å². The van der Waals surface area contributed by atoms with Crippen molar-refractivity contribution in [3.63, 3.8) is 0 Å². The fourth-order valence-corrected chi connectivity index (χ4v) is 4.41. The van der Waals surface area contributed by atoms with Gasteiger partial charge in [-0.2, -0.15) is 0 Å². The highest BCUT2D eigenvalue weighted by atomic mass is 32.1. The van der Waals surface area contributed by atoms with Gasteiger partial charge in [0, 0.05) is 11.1 Å². The van der Waals surface area contributed by atoms with Gasteiger partial charge in [-0.1, -0.05) is 78.1 Å². The van der Waals surface area contributed by atoms with E-state index in [1.165, 1.54) is 11.3 Å². The number of anilines is 1. The molecule has 0 saturated carbocycles. The zero-order valence-corrected chi connectivity index (χ0v) is 17.7. The third-order valence-corrected chi connectivity index (χ3v) is 5.93. The molecule has 5 rings (SSSR count). The van der Waals surface area contributed by atoms with Crippen LogP contribution in [0.2, 0.25) is 0 Å². The summed E-state index contributed by atoms with van der Waals surface area (Å²) < 4.78 is 10.7. The topological polar surface area (TPSA) is 77.5 Å². The smallest absolute Gasteiger partial charge is 0.231 e. The molecule has 158 valence electrons. The number of carbonyl (C=O) groups excluding carboxylic acids is 2. The number of hydrogen-bond donors (Lipinski definition) is 1. The molecule has 1 amide bonds. The molecule has 0 fully saturated rings. The normalized spacial score (nSPS) is 11.9. The molecule has 0 radical (unpaired) electrons. The molecule has 0 aliphatic carbocycles. The molecule has 1 aliphatic heterocycles. The second-order valence-electron chi connectivity index (χ2n) is 7.17. The van der Waals surface area contributed by atoms with Crippen LogP contribution < -0.4 is 14.8 Å². The Labute approximate surface area is 188 Å². The van der Waals surface area contributed by atoms with Crippen molar-refractivity contribution in [3.8, 4) is 22.8 Å². The molecule has 0 atom stereocenters. The molecule has 0 bridgehead atoms. The number of rotatable bonds is 6. The molecule has 4 aromatic rings. The van der Waals surface area contributed by atoms with E-state index in [-0.39, 0.29) is 24.9 Å². The number of nitrogens with zero attached hydrogens (tertiary/aromatic N) is 1. The summed E-state index contributed by atoms with van der Waals surface area (Å²) in [6.07, 6.45) is 0.152. The second kappa shape index (κ2) is 8.64. The van der Waals surface area contributed by atoms with Gasteiger partial charge < -0.3 is 14.8 Å². The number of ether oxygens (including phenoxy) is 2. The van der Waals surface area contributed by atoms with E-state index in [1.54, 1.807) is 24.3 Å². The zero-order chi connectivity index (χ0) is 21.9. The monoisotopic (exact) mass is 442 g/mol. The van der Waals surface area contributed by atoms with Crippen LogP contribution in [0.4, 0.5) is 5.13 Å². The van der Waals surface area contributed by atoms with Crippen LogP contribution in [0.1, 0.15) is 20.8 Å². The maximum atomic E-state index is 13.2. The largest absolute Gasteiger partial charge is 0.454 e. The molecule has 0 unspecified atom stereocenters. The van der Waals surface area contributed by atoms with Gasteiger partial charge in [0.15, 0.2) is 16.6 Å². The van der Waals surface area contributed by atoms with Crippen LogP contribution in [0.15, 0.2) is 78.9 Å². The lowest BCUT2D eigenvalue weighted by Crippen LogP contribution is -2.14. The van der Waals surface area contributed by atoms with Crippen LogP contribution in [0.3, 0.4) is 0 Å². The first kappa shape index (κ1) is 20.0. The van der Waals surface area contributed by atoms with Gasteiger partial charge in [0.2, 0.25) is 18.5 Å². The Balaban J connectivity index is 1.41. The number of ketones is 1. The minimum absolute atomic E-state index is 0.127. The standard InChI is InChI=1S/C25H18N2O4S/c28-21(14-16-11-12-19-20(13-16)31-15-30-19)26-25-27-22(17-7-3-1-4-8-17)24(32-25)23(29)18-9-5-2-6-10-18/h1-13H,14-15H2,(H,26,27,28). The number of carbonyl (C=O) groups is 2.